The summed E-state index contributed by atoms with van der Waals surface area (Å²) in [6.45, 7) is 14.6. The Hall–Kier alpha value is -5.25. The molecule has 1 amide bonds. The summed E-state index contributed by atoms with van der Waals surface area (Å²) in [6, 6.07) is 17.0. The van der Waals surface area contributed by atoms with Gasteiger partial charge >= 0.3 is 0 Å². The van der Waals surface area contributed by atoms with Gasteiger partial charge in [0.15, 0.2) is 0 Å². The predicted octanol–water partition coefficient (Wildman–Crippen LogP) is 7.05. The number of nitrogens with zero attached hydrogens (tertiary/aromatic N) is 3. The molecule has 4 N–H and O–H groups in total. The lowest BCUT2D eigenvalue weighted by atomic mass is 10.2. The number of carbonyl (C=O) groups is 2. The number of hydrogen-bond acceptors (Lipinski definition) is 9. The van der Waals surface area contributed by atoms with Crippen molar-refractivity contribution in [3.05, 3.63) is 102 Å². The SMILES string of the molecule is C=CC(=O)Nc1ccccc1Nc1ncc(CC)c(C)n1.CC(C)=O.CCc1ccnc(N)c1.COc1cc(C)cc(OC)c1. The van der Waals surface area contributed by atoms with Gasteiger partial charge < -0.3 is 30.6 Å². The first-order chi connectivity index (χ1) is 21.4. The van der Waals surface area contributed by atoms with E-state index in [0.717, 1.165) is 46.8 Å². The number of methoxy groups -OCH3 is 2. The van der Waals surface area contributed by atoms with Crippen molar-refractivity contribution in [1.82, 2.24) is 15.0 Å². The third kappa shape index (κ3) is 15.2. The second-order valence-corrected chi connectivity index (χ2v) is 9.76. The third-order valence-corrected chi connectivity index (χ3v) is 5.83. The molecule has 45 heavy (non-hydrogen) atoms. The normalized spacial score (nSPS) is 9.42. The molecule has 0 unspecified atom stereocenters. The molecule has 4 rings (SSSR count). The van der Waals surface area contributed by atoms with Crippen LogP contribution in [0.15, 0.2) is 79.6 Å². The lowest BCUT2D eigenvalue weighted by Crippen LogP contribution is -2.10. The molecule has 0 spiro atoms. The lowest BCUT2D eigenvalue weighted by molar-refractivity contribution is -0.115. The molecular weight excluding hydrogens is 568 g/mol. The van der Waals surface area contributed by atoms with Crippen molar-refractivity contribution in [2.75, 3.05) is 30.6 Å². The first-order valence-electron chi connectivity index (χ1n) is 14.4. The number of rotatable bonds is 8. The summed E-state index contributed by atoms with van der Waals surface area (Å²) in [6.07, 6.45) is 6.70. The van der Waals surface area contributed by atoms with E-state index in [2.05, 4.69) is 46.0 Å². The molecule has 240 valence electrons. The average molecular weight is 615 g/mol. The van der Waals surface area contributed by atoms with Gasteiger partial charge in [-0.15, -0.1) is 0 Å². The molecule has 0 aliphatic rings. The summed E-state index contributed by atoms with van der Waals surface area (Å²) in [5, 5.41) is 5.87. The molecule has 0 aliphatic carbocycles. The van der Waals surface area contributed by atoms with Gasteiger partial charge in [0.2, 0.25) is 11.9 Å². The fraction of sp³-hybridized carbons (Fsp3) is 0.286. The fourth-order valence-electron chi connectivity index (χ4n) is 3.57. The molecule has 10 heteroatoms. The van der Waals surface area contributed by atoms with E-state index in [-0.39, 0.29) is 11.7 Å². The number of carbonyl (C=O) groups excluding carboxylic acids is 2. The summed E-state index contributed by atoms with van der Waals surface area (Å²) in [7, 11) is 3.29. The van der Waals surface area contributed by atoms with Crippen molar-refractivity contribution in [1.29, 1.82) is 0 Å². The number of nitrogens with two attached hydrogens (primary N) is 1. The number of pyridine rings is 1. The Morgan fingerprint density at radius 1 is 0.911 bits per heavy atom. The quantitative estimate of drug-likeness (QED) is 0.178. The number of para-hydroxylation sites is 2. The highest BCUT2D eigenvalue weighted by molar-refractivity contribution is 6.01. The lowest BCUT2D eigenvalue weighted by Gasteiger charge is -2.12. The van der Waals surface area contributed by atoms with Crippen LogP contribution in [0.2, 0.25) is 0 Å². The molecule has 0 fully saturated rings. The van der Waals surface area contributed by atoms with E-state index in [1.54, 1.807) is 26.5 Å². The highest BCUT2D eigenvalue weighted by Crippen LogP contribution is 2.24. The van der Waals surface area contributed by atoms with Gasteiger partial charge in [0, 0.05) is 24.2 Å². The van der Waals surface area contributed by atoms with E-state index >= 15 is 0 Å². The molecule has 10 nitrogen and oxygen atoms in total. The summed E-state index contributed by atoms with van der Waals surface area (Å²) in [5.41, 5.74) is 11.3. The second kappa shape index (κ2) is 20.6. The standard InChI is InChI=1S/C16H18N4O.C9H12O2.C7H10N2.C3H6O/c1-4-12-10-17-16(18-11(12)3)20-14-9-7-6-8-13(14)19-15(21)5-2;1-7-4-8(10-2)6-9(5-7)11-3;1-2-6-3-4-9-7(8)5-6;1-3(2)4/h5-10H,2,4H2,1,3H3,(H,19,21)(H,17,18,20);4-6H,1-3H3;3-5H,2H2,1H3,(H2,8,9);1-2H3. The molecule has 0 radical (unpaired) electrons. The first kappa shape index (κ1) is 37.8. The van der Waals surface area contributed by atoms with Crippen LogP contribution in [0.3, 0.4) is 0 Å². The van der Waals surface area contributed by atoms with Gasteiger partial charge in [0.1, 0.15) is 23.1 Å². The minimum Gasteiger partial charge on any atom is -0.497 e. The smallest absolute Gasteiger partial charge is 0.247 e. The van der Waals surface area contributed by atoms with E-state index in [1.165, 1.54) is 25.5 Å². The van der Waals surface area contributed by atoms with Crippen molar-refractivity contribution in [2.45, 2.75) is 54.4 Å². The van der Waals surface area contributed by atoms with Crippen molar-refractivity contribution in [3.63, 3.8) is 0 Å². The summed E-state index contributed by atoms with van der Waals surface area (Å²) in [4.78, 5) is 33.5. The maximum absolute atomic E-state index is 11.4. The molecule has 2 aromatic carbocycles. The Balaban J connectivity index is 0.000000352. The van der Waals surface area contributed by atoms with Gasteiger partial charge in [-0.1, -0.05) is 32.6 Å². The van der Waals surface area contributed by atoms with Gasteiger partial charge in [-0.3, -0.25) is 4.79 Å². The Kier molecular flexibility index (Phi) is 17.3. The number of nitrogens with one attached hydrogen (secondary N) is 2. The maximum atomic E-state index is 11.4. The van der Waals surface area contributed by atoms with Crippen LogP contribution in [0.4, 0.5) is 23.1 Å². The number of aryl methyl sites for hydroxylation is 4. The van der Waals surface area contributed by atoms with E-state index in [0.29, 0.717) is 17.5 Å². The van der Waals surface area contributed by atoms with Gasteiger partial charge in [-0.25, -0.2) is 15.0 Å². The van der Waals surface area contributed by atoms with Crippen LogP contribution in [0.25, 0.3) is 0 Å². The molecule has 4 aromatic rings. The zero-order chi connectivity index (χ0) is 33.8. The molecule has 0 saturated carbocycles. The van der Waals surface area contributed by atoms with Crippen LogP contribution in [0.1, 0.15) is 50.1 Å². The number of aromatic nitrogens is 3. The van der Waals surface area contributed by atoms with Crippen LogP contribution in [-0.2, 0) is 22.4 Å². The monoisotopic (exact) mass is 614 g/mol. The Bertz CT molecular complexity index is 1500. The Morgan fingerprint density at radius 2 is 1.51 bits per heavy atom. The van der Waals surface area contributed by atoms with E-state index < -0.39 is 0 Å². The third-order valence-electron chi connectivity index (χ3n) is 5.83. The number of anilines is 4. The first-order valence-corrected chi connectivity index (χ1v) is 14.4. The average Bonchev–Trinajstić information content (AvgIpc) is 3.02. The van der Waals surface area contributed by atoms with Crippen molar-refractivity contribution in [3.8, 4) is 11.5 Å². The van der Waals surface area contributed by atoms with E-state index in [1.807, 2.05) is 68.6 Å². The van der Waals surface area contributed by atoms with Gasteiger partial charge in [-0.2, -0.15) is 0 Å². The number of amides is 1. The van der Waals surface area contributed by atoms with Gasteiger partial charge in [0.05, 0.1) is 25.6 Å². The number of ether oxygens (including phenoxy) is 2. The van der Waals surface area contributed by atoms with Crippen molar-refractivity contribution >= 4 is 34.8 Å². The predicted molar refractivity (Wildman–Crippen MR) is 183 cm³/mol. The molecule has 0 saturated heterocycles. The van der Waals surface area contributed by atoms with Crippen LogP contribution in [0, 0.1) is 13.8 Å². The minimum absolute atomic E-state index is 0.167. The van der Waals surface area contributed by atoms with E-state index in [4.69, 9.17) is 15.2 Å². The number of Topliss-reactive ketones (excluding diaryl/α,β-unsaturated/α-hetero) is 1. The maximum Gasteiger partial charge on any atom is 0.247 e. The number of benzene rings is 2. The Morgan fingerprint density at radius 3 is 1.98 bits per heavy atom. The van der Waals surface area contributed by atoms with Crippen LogP contribution < -0.4 is 25.8 Å². The summed E-state index contributed by atoms with van der Waals surface area (Å²) >= 11 is 0. The van der Waals surface area contributed by atoms with Crippen molar-refractivity contribution in [2.24, 2.45) is 0 Å². The molecule has 2 aromatic heterocycles. The van der Waals surface area contributed by atoms with E-state index in [9.17, 15) is 9.59 Å². The topological polar surface area (TPSA) is 141 Å². The largest absolute Gasteiger partial charge is 0.497 e. The highest BCUT2D eigenvalue weighted by atomic mass is 16.5. The number of hydrogen-bond donors (Lipinski definition) is 3. The molecule has 0 bridgehead atoms. The fourth-order valence-corrected chi connectivity index (χ4v) is 3.57. The molecule has 2 heterocycles. The van der Waals surface area contributed by atoms with Crippen LogP contribution in [0.5, 0.6) is 11.5 Å². The zero-order valence-electron chi connectivity index (χ0n) is 27.6. The van der Waals surface area contributed by atoms with Gasteiger partial charge in [0.25, 0.3) is 0 Å². The molecule has 0 aliphatic heterocycles. The zero-order valence-corrected chi connectivity index (χ0v) is 27.6. The van der Waals surface area contributed by atoms with Crippen molar-refractivity contribution < 1.29 is 19.1 Å². The summed E-state index contributed by atoms with van der Waals surface area (Å²) < 4.78 is 10.1. The highest BCUT2D eigenvalue weighted by Gasteiger charge is 2.07. The van der Waals surface area contributed by atoms with Crippen LogP contribution in [-0.4, -0.2) is 40.9 Å². The second-order valence-electron chi connectivity index (χ2n) is 9.76. The molecular formula is C35H46N6O4. The van der Waals surface area contributed by atoms with Crippen LogP contribution >= 0.6 is 0 Å². The van der Waals surface area contributed by atoms with Gasteiger partial charge in [-0.05, 0) is 99.7 Å². The number of nitrogen functional groups attached to an aromatic ring is 1. The number of ketones is 1. The minimum atomic E-state index is -0.261. The molecule has 0 atom stereocenters. The summed E-state index contributed by atoms with van der Waals surface area (Å²) in [5.74, 6) is 2.69. The Labute approximate surface area is 267 Å².